The van der Waals surface area contributed by atoms with Crippen LogP contribution >= 0.6 is 11.8 Å². The standard InChI is InChI=1S/C18H14F3N3O3S/c19-18(20,21)12-5-4-6-13(11-12)22-15(25)9-10-28-16-17(26)27-23-24(16)14-7-2-1-3-8-14/h1-8,11H,9-10H2,(H-,22,23,25,26)/p+1. The van der Waals surface area contributed by atoms with E-state index >= 15 is 0 Å². The molecule has 0 aliphatic carbocycles. The van der Waals surface area contributed by atoms with Crippen LogP contribution in [0.15, 0.2) is 68.9 Å². The van der Waals surface area contributed by atoms with E-state index in [9.17, 15) is 22.8 Å². The first-order valence-corrected chi connectivity index (χ1v) is 9.12. The van der Waals surface area contributed by atoms with Crippen molar-refractivity contribution >= 4 is 23.4 Å². The number of amides is 1. The lowest BCUT2D eigenvalue weighted by Crippen LogP contribution is -2.36. The summed E-state index contributed by atoms with van der Waals surface area (Å²) in [5, 5.41) is 5.18. The highest BCUT2D eigenvalue weighted by Gasteiger charge is 2.30. The van der Waals surface area contributed by atoms with Crippen molar-refractivity contribution in [2.24, 2.45) is 0 Å². The summed E-state index contributed by atoms with van der Waals surface area (Å²) in [7, 11) is 0. The van der Waals surface area contributed by atoms with Gasteiger partial charge in [0.1, 0.15) is 0 Å². The molecule has 2 N–H and O–H groups in total. The lowest BCUT2D eigenvalue weighted by atomic mass is 10.2. The number of rotatable bonds is 6. The molecule has 0 radical (unpaired) electrons. The number of nitrogens with zero attached hydrogens (tertiary/aromatic N) is 1. The summed E-state index contributed by atoms with van der Waals surface area (Å²) in [6, 6.07) is 13.4. The Hall–Kier alpha value is -3.01. The number of aromatic nitrogens is 2. The molecule has 3 aromatic rings. The van der Waals surface area contributed by atoms with Crippen LogP contribution in [0.5, 0.6) is 0 Å². The minimum absolute atomic E-state index is 0.000319. The molecule has 1 amide bonds. The van der Waals surface area contributed by atoms with Crippen LogP contribution in [-0.4, -0.2) is 16.9 Å². The summed E-state index contributed by atoms with van der Waals surface area (Å²) in [5.74, 6) is -0.224. The number of hydrogen-bond donors (Lipinski definition) is 2. The molecule has 1 aromatic heterocycles. The van der Waals surface area contributed by atoms with Crippen molar-refractivity contribution in [1.82, 2.24) is 5.27 Å². The van der Waals surface area contributed by atoms with Crippen molar-refractivity contribution in [1.29, 1.82) is 0 Å². The molecule has 1 heterocycles. The van der Waals surface area contributed by atoms with Gasteiger partial charge in [0.25, 0.3) is 0 Å². The SMILES string of the molecule is O=C(CCSc1c(=O)o[nH][n+]1-c1ccccc1)Nc1cccc(C(F)(F)F)c1. The minimum atomic E-state index is -4.48. The van der Waals surface area contributed by atoms with Crippen molar-refractivity contribution in [2.75, 3.05) is 11.1 Å². The highest BCUT2D eigenvalue weighted by atomic mass is 32.2. The molecule has 28 heavy (non-hydrogen) atoms. The van der Waals surface area contributed by atoms with Crippen LogP contribution in [0.25, 0.3) is 5.69 Å². The average molecular weight is 410 g/mol. The Balaban J connectivity index is 1.60. The van der Waals surface area contributed by atoms with Crippen LogP contribution < -0.4 is 15.6 Å². The van der Waals surface area contributed by atoms with E-state index in [-0.39, 0.29) is 22.9 Å². The summed E-state index contributed by atoms with van der Waals surface area (Å²) in [6.07, 6.45) is -4.48. The maximum Gasteiger partial charge on any atom is 0.442 e. The van der Waals surface area contributed by atoms with Gasteiger partial charge in [-0.2, -0.15) is 13.2 Å². The normalized spacial score (nSPS) is 11.4. The fourth-order valence-corrected chi connectivity index (χ4v) is 3.28. The molecule has 0 fully saturated rings. The van der Waals surface area contributed by atoms with Gasteiger partial charge in [-0.25, -0.2) is 4.79 Å². The Labute approximate surface area is 161 Å². The number of alkyl halides is 3. The summed E-state index contributed by atoms with van der Waals surface area (Å²) in [4.78, 5) is 23.9. The number of thioether (sulfide) groups is 1. The summed E-state index contributed by atoms with van der Waals surface area (Å²) >= 11 is 1.11. The molecule has 0 saturated carbocycles. The Morgan fingerprint density at radius 2 is 1.89 bits per heavy atom. The molecular weight excluding hydrogens is 395 g/mol. The monoisotopic (exact) mass is 410 g/mol. The van der Waals surface area contributed by atoms with Crippen LogP contribution in [0.4, 0.5) is 18.9 Å². The number of aromatic amines is 1. The van der Waals surface area contributed by atoms with Gasteiger partial charge in [0.2, 0.25) is 11.6 Å². The van der Waals surface area contributed by atoms with E-state index in [1.54, 1.807) is 24.3 Å². The van der Waals surface area contributed by atoms with E-state index in [1.807, 2.05) is 6.07 Å². The van der Waals surface area contributed by atoms with Gasteiger partial charge < -0.3 is 5.32 Å². The zero-order valence-electron chi connectivity index (χ0n) is 14.3. The van der Waals surface area contributed by atoms with E-state index in [2.05, 4.69) is 10.6 Å². The molecule has 0 unspecified atom stereocenters. The number of anilines is 1. The summed E-state index contributed by atoms with van der Waals surface area (Å²) in [5.41, 5.74) is -0.671. The number of hydrogen-bond acceptors (Lipinski definition) is 4. The van der Waals surface area contributed by atoms with E-state index in [1.165, 1.54) is 16.8 Å². The predicted molar refractivity (Wildman–Crippen MR) is 96.3 cm³/mol. The van der Waals surface area contributed by atoms with Crippen molar-refractivity contribution in [2.45, 2.75) is 17.6 Å². The third kappa shape index (κ3) is 4.83. The molecule has 0 aliphatic heterocycles. The Morgan fingerprint density at radius 3 is 2.61 bits per heavy atom. The number of benzene rings is 2. The zero-order valence-corrected chi connectivity index (χ0v) is 15.1. The van der Waals surface area contributed by atoms with Crippen LogP contribution in [0.1, 0.15) is 12.0 Å². The number of H-pyrrole nitrogens is 1. The number of halogens is 3. The lowest BCUT2D eigenvalue weighted by Gasteiger charge is -2.09. The first kappa shape index (κ1) is 19.7. The second kappa shape index (κ2) is 8.34. The maximum absolute atomic E-state index is 12.7. The molecule has 0 bridgehead atoms. The summed E-state index contributed by atoms with van der Waals surface area (Å²) < 4.78 is 44.4. The van der Waals surface area contributed by atoms with E-state index in [0.29, 0.717) is 5.69 Å². The molecule has 0 aliphatic rings. The minimum Gasteiger partial charge on any atom is -0.326 e. The van der Waals surface area contributed by atoms with Gasteiger partial charge in [0.05, 0.1) is 5.56 Å². The van der Waals surface area contributed by atoms with Gasteiger partial charge >= 0.3 is 16.8 Å². The first-order valence-electron chi connectivity index (χ1n) is 8.13. The highest BCUT2D eigenvalue weighted by Crippen LogP contribution is 2.30. The highest BCUT2D eigenvalue weighted by molar-refractivity contribution is 7.99. The van der Waals surface area contributed by atoms with Gasteiger partial charge in [0.15, 0.2) is 0 Å². The third-order valence-electron chi connectivity index (χ3n) is 3.66. The van der Waals surface area contributed by atoms with E-state index in [0.717, 1.165) is 23.9 Å². The van der Waals surface area contributed by atoms with E-state index in [4.69, 9.17) is 4.52 Å². The van der Waals surface area contributed by atoms with Crippen molar-refractivity contribution in [3.63, 3.8) is 0 Å². The molecule has 146 valence electrons. The Bertz CT molecular complexity index is 1020. The largest absolute Gasteiger partial charge is 0.442 e. The van der Waals surface area contributed by atoms with Gasteiger partial charge in [-0.1, -0.05) is 24.3 Å². The molecule has 0 spiro atoms. The number of carbonyl (C=O) groups is 1. The zero-order chi connectivity index (χ0) is 20.1. The number of para-hydroxylation sites is 1. The lowest BCUT2D eigenvalue weighted by molar-refractivity contribution is -0.704. The molecule has 10 heteroatoms. The molecule has 0 saturated heterocycles. The molecule has 6 nitrogen and oxygen atoms in total. The Kier molecular flexibility index (Phi) is 5.88. The fraction of sp³-hybridized carbons (Fsp3) is 0.167. The van der Waals surface area contributed by atoms with Crippen molar-refractivity contribution < 1.29 is 27.2 Å². The average Bonchev–Trinajstić information content (AvgIpc) is 3.03. The number of carbonyl (C=O) groups excluding carboxylic acids is 1. The maximum atomic E-state index is 12.7. The Morgan fingerprint density at radius 1 is 1.14 bits per heavy atom. The first-order chi connectivity index (χ1) is 13.3. The molecule has 3 rings (SSSR count). The van der Waals surface area contributed by atoms with Gasteiger partial charge in [-0.05, 0) is 39.9 Å². The quantitative estimate of drug-likeness (QED) is 0.482. The predicted octanol–water partition coefficient (Wildman–Crippen LogP) is 3.38. The van der Waals surface area contributed by atoms with Crippen molar-refractivity contribution in [3.8, 4) is 5.69 Å². The van der Waals surface area contributed by atoms with Gasteiger partial charge in [-0.3, -0.25) is 9.32 Å². The third-order valence-corrected chi connectivity index (χ3v) is 4.69. The van der Waals surface area contributed by atoms with Crippen LogP contribution in [-0.2, 0) is 11.0 Å². The molecule has 0 atom stereocenters. The topological polar surface area (TPSA) is 79.0 Å². The van der Waals surface area contributed by atoms with Gasteiger partial charge in [-0.15, -0.1) is 0 Å². The summed E-state index contributed by atoms with van der Waals surface area (Å²) in [6.45, 7) is 0. The van der Waals surface area contributed by atoms with Gasteiger partial charge in [0, 0.05) is 30.0 Å². The number of nitrogens with one attached hydrogen (secondary N) is 2. The van der Waals surface area contributed by atoms with Crippen molar-refractivity contribution in [3.05, 3.63) is 70.6 Å². The molecule has 2 aromatic carbocycles. The smallest absolute Gasteiger partial charge is 0.326 e. The second-order valence-corrected chi connectivity index (χ2v) is 6.77. The van der Waals surface area contributed by atoms with Crippen LogP contribution in [0.3, 0.4) is 0 Å². The van der Waals surface area contributed by atoms with Crippen LogP contribution in [0.2, 0.25) is 0 Å². The van der Waals surface area contributed by atoms with Crippen LogP contribution in [0, 0.1) is 0 Å². The second-order valence-electron chi connectivity index (χ2n) is 5.68. The van der Waals surface area contributed by atoms with E-state index < -0.39 is 23.3 Å². The fourth-order valence-electron chi connectivity index (χ4n) is 2.37. The molecular formula is C18H15F3N3O3S+.